The summed E-state index contributed by atoms with van der Waals surface area (Å²) < 4.78 is 0. The Bertz CT molecular complexity index is 110. The maximum Gasteiger partial charge on any atom is 0.0493 e. The quantitative estimate of drug-likeness (QED) is 0.564. The van der Waals surface area contributed by atoms with Crippen LogP contribution in [0.15, 0.2) is 11.1 Å². The molecule has 0 aromatic heterocycles. The summed E-state index contributed by atoms with van der Waals surface area (Å²) in [6, 6.07) is 0. The molecule has 0 saturated carbocycles. The van der Waals surface area contributed by atoms with E-state index in [1.54, 1.807) is 0 Å². The molecule has 1 heteroatoms. The molecule has 0 unspecified atom stereocenters. The van der Waals surface area contributed by atoms with Crippen LogP contribution in [0.1, 0.15) is 27.7 Å². The van der Waals surface area contributed by atoms with Gasteiger partial charge in [-0.2, -0.15) is 0 Å². The van der Waals surface area contributed by atoms with E-state index in [1.165, 1.54) is 11.1 Å². The topological polar surface area (TPSA) is 20.2 Å². The summed E-state index contributed by atoms with van der Waals surface area (Å²) in [5.41, 5.74) is 2.62. The number of hydrogen-bond donors (Lipinski definition) is 1. The molecule has 0 aliphatic carbocycles. The number of aliphatic hydroxyl groups excluding tert-OH is 1. The largest absolute Gasteiger partial charge is 0.396 e. The fraction of sp³-hybridized carbons (Fsp3) is 0.750. The minimum Gasteiger partial charge on any atom is -0.396 e. The van der Waals surface area contributed by atoms with E-state index < -0.39 is 0 Å². The lowest BCUT2D eigenvalue weighted by atomic mass is 10.00. The predicted molar refractivity (Wildman–Crippen MR) is 40.3 cm³/mol. The lowest BCUT2D eigenvalue weighted by molar-refractivity contribution is 0.255. The van der Waals surface area contributed by atoms with E-state index in [9.17, 15) is 0 Å². The molecule has 0 amide bonds. The van der Waals surface area contributed by atoms with Crippen molar-refractivity contribution < 1.29 is 5.11 Å². The molecule has 0 heterocycles. The second-order valence-electron chi connectivity index (χ2n) is 2.77. The van der Waals surface area contributed by atoms with Crippen molar-refractivity contribution in [3.05, 3.63) is 11.1 Å². The third kappa shape index (κ3) is 2.66. The molecule has 0 fully saturated rings. The van der Waals surface area contributed by atoms with Crippen molar-refractivity contribution in [1.29, 1.82) is 0 Å². The fourth-order valence-corrected chi connectivity index (χ4v) is 0.630. The minimum atomic E-state index is 0.261. The summed E-state index contributed by atoms with van der Waals surface area (Å²) in [5.74, 6) is 0.329. The summed E-state index contributed by atoms with van der Waals surface area (Å²) in [5, 5.41) is 8.72. The van der Waals surface area contributed by atoms with E-state index >= 15 is 0 Å². The first kappa shape index (κ1) is 8.70. The van der Waals surface area contributed by atoms with Crippen LogP contribution in [0.5, 0.6) is 0 Å². The van der Waals surface area contributed by atoms with Crippen LogP contribution in [-0.4, -0.2) is 11.7 Å². The van der Waals surface area contributed by atoms with Crippen molar-refractivity contribution in [3.8, 4) is 0 Å². The normalized spacial score (nSPS) is 13.0. The lowest BCUT2D eigenvalue weighted by Crippen LogP contribution is -2.02. The maximum atomic E-state index is 8.72. The summed E-state index contributed by atoms with van der Waals surface area (Å²) >= 11 is 0. The van der Waals surface area contributed by atoms with Crippen LogP contribution in [0.25, 0.3) is 0 Å². The van der Waals surface area contributed by atoms with Crippen molar-refractivity contribution in [2.24, 2.45) is 5.92 Å². The molecule has 0 bridgehead atoms. The first-order chi connectivity index (χ1) is 4.09. The third-order valence-electron chi connectivity index (χ3n) is 1.80. The van der Waals surface area contributed by atoms with Crippen molar-refractivity contribution in [1.82, 2.24) is 0 Å². The Hall–Kier alpha value is -0.300. The van der Waals surface area contributed by atoms with Gasteiger partial charge in [-0.1, -0.05) is 18.1 Å². The number of rotatable bonds is 2. The molecule has 0 radical (unpaired) electrons. The molecule has 0 saturated heterocycles. The average Bonchev–Trinajstić information content (AvgIpc) is 1.84. The van der Waals surface area contributed by atoms with Gasteiger partial charge in [0.2, 0.25) is 0 Å². The van der Waals surface area contributed by atoms with Gasteiger partial charge in [0, 0.05) is 12.5 Å². The van der Waals surface area contributed by atoms with Gasteiger partial charge in [-0.05, 0) is 20.8 Å². The highest BCUT2D eigenvalue weighted by atomic mass is 16.3. The predicted octanol–water partition coefficient (Wildman–Crippen LogP) is 1.97. The Balaban J connectivity index is 4.02. The zero-order valence-corrected chi connectivity index (χ0v) is 6.73. The van der Waals surface area contributed by atoms with Crippen LogP contribution in [0, 0.1) is 5.92 Å². The maximum absolute atomic E-state index is 8.72. The third-order valence-corrected chi connectivity index (χ3v) is 1.80. The molecule has 1 N–H and O–H groups in total. The van der Waals surface area contributed by atoms with E-state index in [-0.39, 0.29) is 6.61 Å². The Labute approximate surface area is 57.4 Å². The van der Waals surface area contributed by atoms with Crippen LogP contribution in [-0.2, 0) is 0 Å². The second kappa shape index (κ2) is 3.67. The Kier molecular flexibility index (Phi) is 3.55. The molecule has 1 nitrogen and oxygen atoms in total. The number of aliphatic hydroxyl groups is 1. The SMILES string of the molecule is CC(C)=C(C)[C@H](C)CO. The van der Waals surface area contributed by atoms with Gasteiger partial charge >= 0.3 is 0 Å². The fourth-order valence-electron chi connectivity index (χ4n) is 0.630. The second-order valence-corrected chi connectivity index (χ2v) is 2.77. The summed E-state index contributed by atoms with van der Waals surface area (Å²) in [6.07, 6.45) is 0. The molecule has 1 atom stereocenters. The standard InChI is InChI=1S/C8H16O/c1-6(2)8(4)7(3)5-9/h7,9H,5H2,1-4H3/t7-/m1/s1. The first-order valence-electron chi connectivity index (χ1n) is 3.34. The number of allylic oxidation sites excluding steroid dienone is 1. The van der Waals surface area contributed by atoms with E-state index in [1.807, 2.05) is 6.92 Å². The summed E-state index contributed by atoms with van der Waals surface area (Å²) in [6.45, 7) is 8.50. The van der Waals surface area contributed by atoms with Crippen LogP contribution in [0.2, 0.25) is 0 Å². The molecule has 9 heavy (non-hydrogen) atoms. The molecule has 0 spiro atoms. The van der Waals surface area contributed by atoms with Crippen LogP contribution < -0.4 is 0 Å². The van der Waals surface area contributed by atoms with Crippen LogP contribution in [0.4, 0.5) is 0 Å². The van der Waals surface area contributed by atoms with Gasteiger partial charge in [-0.25, -0.2) is 0 Å². The molecule has 0 aliphatic heterocycles. The highest BCUT2D eigenvalue weighted by Gasteiger charge is 2.01. The molecule has 54 valence electrons. The zero-order valence-electron chi connectivity index (χ0n) is 6.73. The molecular formula is C8H16O. The molecule has 0 aliphatic rings. The number of hydrogen-bond acceptors (Lipinski definition) is 1. The van der Waals surface area contributed by atoms with E-state index in [2.05, 4.69) is 20.8 Å². The van der Waals surface area contributed by atoms with Gasteiger partial charge in [0.1, 0.15) is 0 Å². The van der Waals surface area contributed by atoms with Gasteiger partial charge in [-0.3, -0.25) is 0 Å². The van der Waals surface area contributed by atoms with Crippen molar-refractivity contribution in [2.75, 3.05) is 6.61 Å². The van der Waals surface area contributed by atoms with Gasteiger partial charge in [-0.15, -0.1) is 0 Å². The zero-order chi connectivity index (χ0) is 7.44. The summed E-state index contributed by atoms with van der Waals surface area (Å²) in [7, 11) is 0. The van der Waals surface area contributed by atoms with Crippen LogP contribution >= 0.6 is 0 Å². The lowest BCUT2D eigenvalue weighted by Gasteiger charge is -2.09. The van der Waals surface area contributed by atoms with Crippen molar-refractivity contribution >= 4 is 0 Å². The average molecular weight is 128 g/mol. The van der Waals surface area contributed by atoms with Crippen molar-refractivity contribution in [2.45, 2.75) is 27.7 Å². The molecule has 0 aromatic rings. The van der Waals surface area contributed by atoms with Gasteiger partial charge in [0.15, 0.2) is 0 Å². The van der Waals surface area contributed by atoms with Crippen molar-refractivity contribution in [3.63, 3.8) is 0 Å². The molecule has 0 aromatic carbocycles. The van der Waals surface area contributed by atoms with E-state index in [4.69, 9.17) is 5.11 Å². The Morgan fingerprint density at radius 1 is 1.33 bits per heavy atom. The van der Waals surface area contributed by atoms with Gasteiger partial charge in [0.05, 0.1) is 0 Å². The van der Waals surface area contributed by atoms with Gasteiger partial charge < -0.3 is 5.11 Å². The minimum absolute atomic E-state index is 0.261. The van der Waals surface area contributed by atoms with Crippen LogP contribution in [0.3, 0.4) is 0 Å². The van der Waals surface area contributed by atoms with E-state index in [0.717, 1.165) is 0 Å². The highest BCUT2D eigenvalue weighted by Crippen LogP contribution is 2.12. The molecule has 0 rings (SSSR count). The first-order valence-corrected chi connectivity index (χ1v) is 3.34. The van der Waals surface area contributed by atoms with E-state index in [0.29, 0.717) is 5.92 Å². The highest BCUT2D eigenvalue weighted by molar-refractivity contribution is 5.09. The monoisotopic (exact) mass is 128 g/mol. The smallest absolute Gasteiger partial charge is 0.0493 e. The van der Waals surface area contributed by atoms with Gasteiger partial charge in [0.25, 0.3) is 0 Å². The Morgan fingerprint density at radius 3 is 1.89 bits per heavy atom. The summed E-state index contributed by atoms with van der Waals surface area (Å²) in [4.78, 5) is 0. The Morgan fingerprint density at radius 2 is 1.78 bits per heavy atom. The molecular weight excluding hydrogens is 112 g/mol.